The number of hydrogen-bond donors (Lipinski definition) is 0. The predicted molar refractivity (Wildman–Crippen MR) is 77.8 cm³/mol. The van der Waals surface area contributed by atoms with Gasteiger partial charge in [0.2, 0.25) is 0 Å². The van der Waals surface area contributed by atoms with Crippen molar-refractivity contribution < 1.29 is 57.8 Å². The molecular weight excluding hydrogens is 433 g/mol. The summed E-state index contributed by atoms with van der Waals surface area (Å²) in [7, 11) is 0.731. The highest BCUT2D eigenvalue weighted by molar-refractivity contribution is 5.30. The Kier molecular flexibility index (Phi) is 7.09. The molecule has 0 bridgehead atoms. The Bertz CT molecular complexity index is 686. The van der Waals surface area contributed by atoms with Crippen molar-refractivity contribution in [3.8, 4) is 5.75 Å². The lowest BCUT2D eigenvalue weighted by Gasteiger charge is -2.38. The van der Waals surface area contributed by atoms with E-state index in [4.69, 9.17) is 4.74 Å². The van der Waals surface area contributed by atoms with E-state index in [0.717, 1.165) is 19.2 Å². The number of benzene rings is 1. The van der Waals surface area contributed by atoms with E-state index in [1.165, 1.54) is 12.1 Å². The molecule has 0 N–H and O–H groups in total. The van der Waals surface area contributed by atoms with Crippen molar-refractivity contribution in [1.29, 1.82) is 0 Å². The molecule has 0 aliphatic heterocycles. The third-order valence-corrected chi connectivity index (χ3v) is 3.87. The van der Waals surface area contributed by atoms with E-state index in [1.807, 2.05) is 0 Å². The van der Waals surface area contributed by atoms with Gasteiger partial charge in [0.15, 0.2) is 0 Å². The molecule has 0 aliphatic carbocycles. The van der Waals surface area contributed by atoms with Gasteiger partial charge in [0.25, 0.3) is 0 Å². The molecule has 0 aliphatic rings. The molecule has 0 amide bonds. The fraction of sp³-hybridized carbons (Fsp3) is 0.625. The molecule has 0 saturated heterocycles. The first kappa shape index (κ1) is 25.2. The smallest absolute Gasteiger partial charge is 0.460 e. The lowest BCUT2D eigenvalue weighted by molar-refractivity contribution is -0.423. The molecule has 13 heteroatoms. The van der Waals surface area contributed by atoms with Crippen molar-refractivity contribution >= 4 is 0 Å². The number of ether oxygens (including phenoxy) is 2. The highest BCUT2D eigenvalue weighted by atomic mass is 19.4. The van der Waals surface area contributed by atoms with E-state index in [0.29, 0.717) is 0 Å². The molecule has 1 aromatic rings. The second-order valence-corrected chi connectivity index (χ2v) is 5.86. The quantitative estimate of drug-likeness (QED) is 0.415. The molecule has 1 rings (SSSR count). The summed E-state index contributed by atoms with van der Waals surface area (Å²) in [6, 6.07) is 4.65. The topological polar surface area (TPSA) is 18.5 Å². The Hall–Kier alpha value is -1.79. The predicted octanol–water partition coefficient (Wildman–Crippen LogP) is 6.27. The molecule has 0 fully saturated rings. The Balaban J connectivity index is 3.29. The van der Waals surface area contributed by atoms with Crippen molar-refractivity contribution in [2.24, 2.45) is 0 Å². The van der Waals surface area contributed by atoms with Gasteiger partial charge in [0, 0.05) is 13.5 Å². The van der Waals surface area contributed by atoms with Crippen LogP contribution in [0.1, 0.15) is 25.0 Å². The van der Waals surface area contributed by atoms with Crippen LogP contribution < -0.4 is 4.74 Å². The van der Waals surface area contributed by atoms with Gasteiger partial charge in [-0.2, -0.15) is 48.3 Å². The van der Waals surface area contributed by atoms with Gasteiger partial charge in [0.1, 0.15) is 5.75 Å². The molecular formula is C16H15F11O2. The van der Waals surface area contributed by atoms with Gasteiger partial charge in [-0.15, -0.1) is 0 Å². The average molecular weight is 448 g/mol. The van der Waals surface area contributed by atoms with Crippen LogP contribution in [0.5, 0.6) is 5.75 Å². The normalized spacial score (nSPS) is 15.3. The third-order valence-electron chi connectivity index (χ3n) is 3.87. The Morgan fingerprint density at radius 2 is 1.38 bits per heavy atom. The summed E-state index contributed by atoms with van der Waals surface area (Å²) in [6.45, 7) is 1.67. The molecule has 0 spiro atoms. The summed E-state index contributed by atoms with van der Waals surface area (Å²) < 4.78 is 154. The van der Waals surface area contributed by atoms with Gasteiger partial charge in [-0.05, 0) is 24.6 Å². The lowest BCUT2D eigenvalue weighted by Crippen LogP contribution is -2.66. The standard InChI is InChI=1S/C16H15F11O2/c1-3-29-10-6-4-5-9(7-10)11(28-2)8-12(17,18)13(19,20)14(21,22)15(23,24)16(25,26)27/h4-7,11H,3,8H2,1-2H3. The van der Waals surface area contributed by atoms with E-state index in [-0.39, 0.29) is 17.9 Å². The van der Waals surface area contributed by atoms with Crippen LogP contribution in [0.3, 0.4) is 0 Å². The molecule has 0 aromatic heterocycles. The van der Waals surface area contributed by atoms with E-state index >= 15 is 0 Å². The van der Waals surface area contributed by atoms with Crippen LogP contribution in [0, 0.1) is 0 Å². The first-order valence-electron chi connectivity index (χ1n) is 7.79. The minimum absolute atomic E-state index is 0.0658. The summed E-state index contributed by atoms with van der Waals surface area (Å²) >= 11 is 0. The monoisotopic (exact) mass is 448 g/mol. The molecule has 0 heterocycles. The van der Waals surface area contributed by atoms with Crippen molar-refractivity contribution in [2.75, 3.05) is 13.7 Å². The SMILES string of the molecule is CCOc1cccc(C(CC(F)(F)C(F)(F)C(F)(F)C(F)(F)C(F)(F)F)OC)c1. The highest BCUT2D eigenvalue weighted by Gasteiger charge is 2.87. The van der Waals surface area contributed by atoms with Crippen LogP contribution in [-0.4, -0.2) is 43.6 Å². The summed E-state index contributed by atoms with van der Waals surface area (Å²) in [5.41, 5.74) is -0.278. The highest BCUT2D eigenvalue weighted by Crippen LogP contribution is 2.58. The van der Waals surface area contributed by atoms with Gasteiger partial charge in [-0.3, -0.25) is 0 Å². The minimum Gasteiger partial charge on any atom is -0.494 e. The minimum atomic E-state index is -7.44. The third kappa shape index (κ3) is 4.53. The molecule has 1 aromatic carbocycles. The molecule has 29 heavy (non-hydrogen) atoms. The molecule has 2 nitrogen and oxygen atoms in total. The van der Waals surface area contributed by atoms with Crippen molar-refractivity contribution in [3.05, 3.63) is 29.8 Å². The maximum absolute atomic E-state index is 13.9. The van der Waals surface area contributed by atoms with Gasteiger partial charge in [-0.1, -0.05) is 12.1 Å². The van der Waals surface area contributed by atoms with Crippen molar-refractivity contribution in [1.82, 2.24) is 0 Å². The summed E-state index contributed by atoms with van der Waals surface area (Å²) in [6.07, 6.45) is -11.6. The maximum Gasteiger partial charge on any atom is 0.460 e. The van der Waals surface area contributed by atoms with Crippen LogP contribution in [0.15, 0.2) is 24.3 Å². The van der Waals surface area contributed by atoms with Crippen molar-refractivity contribution in [3.63, 3.8) is 0 Å². The van der Waals surface area contributed by atoms with Crippen LogP contribution in [0.25, 0.3) is 0 Å². The Morgan fingerprint density at radius 1 is 0.828 bits per heavy atom. The van der Waals surface area contributed by atoms with Crippen LogP contribution >= 0.6 is 0 Å². The Morgan fingerprint density at radius 3 is 1.83 bits per heavy atom. The number of rotatable bonds is 9. The zero-order valence-corrected chi connectivity index (χ0v) is 14.8. The first-order chi connectivity index (χ1) is 13.0. The second kappa shape index (κ2) is 8.15. The first-order valence-corrected chi connectivity index (χ1v) is 7.79. The maximum atomic E-state index is 13.9. The number of alkyl halides is 11. The lowest BCUT2D eigenvalue weighted by atomic mass is 9.92. The molecule has 0 radical (unpaired) electrons. The van der Waals surface area contributed by atoms with E-state index in [2.05, 4.69) is 4.74 Å². The number of hydrogen-bond acceptors (Lipinski definition) is 2. The molecule has 1 atom stereocenters. The summed E-state index contributed by atoms with van der Waals surface area (Å²) in [4.78, 5) is 0. The molecule has 0 saturated carbocycles. The van der Waals surface area contributed by atoms with Crippen molar-refractivity contribution in [2.45, 2.75) is 49.3 Å². The zero-order chi connectivity index (χ0) is 22.9. The van der Waals surface area contributed by atoms with E-state index in [1.54, 1.807) is 6.92 Å². The average Bonchev–Trinajstić information content (AvgIpc) is 2.58. The van der Waals surface area contributed by atoms with E-state index in [9.17, 15) is 48.3 Å². The summed E-state index contributed by atoms with van der Waals surface area (Å²) in [5.74, 6) is -27.9. The Labute approximate surface area is 157 Å². The zero-order valence-electron chi connectivity index (χ0n) is 14.8. The van der Waals surface area contributed by atoms with Crippen LogP contribution in [-0.2, 0) is 4.74 Å². The van der Waals surface area contributed by atoms with Gasteiger partial charge in [-0.25, -0.2) is 0 Å². The van der Waals surface area contributed by atoms with Gasteiger partial charge >= 0.3 is 29.9 Å². The summed E-state index contributed by atoms with van der Waals surface area (Å²) in [5, 5.41) is 0. The number of halogens is 11. The second-order valence-electron chi connectivity index (χ2n) is 5.86. The largest absolute Gasteiger partial charge is 0.494 e. The number of methoxy groups -OCH3 is 1. The fourth-order valence-corrected chi connectivity index (χ4v) is 2.27. The van der Waals surface area contributed by atoms with Crippen LogP contribution in [0.2, 0.25) is 0 Å². The fourth-order valence-electron chi connectivity index (χ4n) is 2.27. The van der Waals surface area contributed by atoms with Crippen LogP contribution in [0.4, 0.5) is 48.3 Å². The molecule has 168 valence electrons. The van der Waals surface area contributed by atoms with Gasteiger partial charge in [0.05, 0.1) is 12.7 Å². The molecule has 1 unspecified atom stereocenters. The van der Waals surface area contributed by atoms with E-state index < -0.39 is 42.4 Å². The van der Waals surface area contributed by atoms with Gasteiger partial charge < -0.3 is 9.47 Å².